The lowest BCUT2D eigenvalue weighted by Gasteiger charge is -2.42. The predicted octanol–water partition coefficient (Wildman–Crippen LogP) is 3.59. The van der Waals surface area contributed by atoms with E-state index in [1.54, 1.807) is 0 Å². The van der Waals surface area contributed by atoms with Crippen molar-refractivity contribution in [3.63, 3.8) is 0 Å². The van der Waals surface area contributed by atoms with Crippen LogP contribution >= 0.6 is 0 Å². The molecule has 2 unspecified atom stereocenters. The first-order valence-corrected chi connectivity index (χ1v) is 11.2. The van der Waals surface area contributed by atoms with Crippen molar-refractivity contribution in [1.29, 1.82) is 0 Å². The van der Waals surface area contributed by atoms with E-state index in [1.807, 2.05) is 0 Å². The molecule has 2 fully saturated rings. The summed E-state index contributed by atoms with van der Waals surface area (Å²) in [4.78, 5) is 20.6. The highest BCUT2D eigenvalue weighted by Gasteiger charge is 2.51. The van der Waals surface area contributed by atoms with Gasteiger partial charge in [-0.15, -0.1) is 0 Å². The Morgan fingerprint density at radius 2 is 1.93 bits per heavy atom. The van der Waals surface area contributed by atoms with E-state index in [9.17, 15) is 4.79 Å². The molecular formula is C25H31N3O. The van der Waals surface area contributed by atoms with Crippen LogP contribution < -0.4 is 5.32 Å². The Balaban J connectivity index is 1.35. The normalized spacial score (nSPS) is 27.2. The lowest BCUT2D eigenvalue weighted by atomic mass is 9.65. The van der Waals surface area contributed by atoms with Crippen molar-refractivity contribution in [2.24, 2.45) is 5.92 Å². The van der Waals surface area contributed by atoms with E-state index in [0.717, 1.165) is 64.0 Å². The van der Waals surface area contributed by atoms with E-state index in [0.29, 0.717) is 11.8 Å². The van der Waals surface area contributed by atoms with E-state index in [2.05, 4.69) is 59.6 Å². The molecule has 29 heavy (non-hydrogen) atoms. The number of aryl methyl sites for hydroxylation is 2. The van der Waals surface area contributed by atoms with Crippen molar-refractivity contribution >= 4 is 5.91 Å². The monoisotopic (exact) mass is 389 g/mol. The van der Waals surface area contributed by atoms with E-state index in [1.165, 1.54) is 16.8 Å². The summed E-state index contributed by atoms with van der Waals surface area (Å²) in [6.07, 6.45) is 5.41. The molecule has 0 radical (unpaired) electrons. The molecule has 0 bridgehead atoms. The van der Waals surface area contributed by atoms with Crippen molar-refractivity contribution in [2.75, 3.05) is 26.2 Å². The number of carbonyl (C=O) groups excluding carboxylic acids is 1. The number of nitrogens with one attached hydrogen (secondary N) is 1. The topological polar surface area (TPSA) is 45.2 Å². The van der Waals surface area contributed by atoms with Crippen LogP contribution in [0.3, 0.4) is 0 Å². The van der Waals surface area contributed by atoms with E-state index < -0.39 is 0 Å². The average molecular weight is 390 g/mol. The number of hydrogen-bond donors (Lipinski definition) is 1. The van der Waals surface area contributed by atoms with E-state index in [-0.39, 0.29) is 11.3 Å². The van der Waals surface area contributed by atoms with Gasteiger partial charge in [0.2, 0.25) is 5.91 Å². The van der Waals surface area contributed by atoms with Crippen molar-refractivity contribution in [3.8, 4) is 0 Å². The number of piperidine rings is 1. The summed E-state index contributed by atoms with van der Waals surface area (Å²) in [7, 11) is 0. The largest absolute Gasteiger partial charge is 0.342 e. The summed E-state index contributed by atoms with van der Waals surface area (Å²) in [6.45, 7) is 5.52. The third kappa shape index (κ3) is 3.28. The van der Waals surface area contributed by atoms with Gasteiger partial charge in [0.1, 0.15) is 0 Å². The Kier molecular flexibility index (Phi) is 4.91. The van der Waals surface area contributed by atoms with Crippen LogP contribution in [0.25, 0.3) is 0 Å². The zero-order chi connectivity index (χ0) is 19.8. The molecule has 4 nitrogen and oxygen atoms in total. The van der Waals surface area contributed by atoms with Crippen molar-refractivity contribution < 1.29 is 4.79 Å². The second kappa shape index (κ2) is 7.56. The molecule has 2 aromatic rings. The quantitative estimate of drug-likeness (QED) is 0.854. The van der Waals surface area contributed by atoms with E-state index in [4.69, 9.17) is 4.98 Å². The third-order valence-electron chi connectivity index (χ3n) is 7.52. The van der Waals surface area contributed by atoms with Gasteiger partial charge in [-0.25, -0.2) is 0 Å². The fourth-order valence-corrected chi connectivity index (χ4v) is 5.97. The van der Waals surface area contributed by atoms with Crippen LogP contribution in [0, 0.1) is 12.8 Å². The second-order valence-corrected chi connectivity index (χ2v) is 9.15. The molecule has 5 rings (SSSR count). The second-order valence-electron chi connectivity index (χ2n) is 9.15. The van der Waals surface area contributed by atoms with Crippen LogP contribution in [0.5, 0.6) is 0 Å². The minimum absolute atomic E-state index is 0.0410. The molecule has 2 aliphatic heterocycles. The molecule has 1 aliphatic carbocycles. The zero-order valence-electron chi connectivity index (χ0n) is 17.4. The Bertz CT molecular complexity index is 888. The summed E-state index contributed by atoms with van der Waals surface area (Å²) in [5.74, 6) is 0.979. The number of likely N-dealkylation sites (tertiary alicyclic amines) is 1. The SMILES string of the molecule is Cc1ccc2c(n1)CCCC21CNCC1C(=O)N1CCC(c2ccccc2)CC1. The standard InChI is InChI=1S/C25H31N3O/c1-18-9-10-21-23(27-18)8-5-13-25(21)17-26-16-22(25)24(29)28-14-11-20(12-15-28)19-6-3-2-4-7-19/h2-4,6-7,9-10,20,22,26H,5,8,11-17H2,1H3. The molecule has 1 aromatic carbocycles. The summed E-state index contributed by atoms with van der Waals surface area (Å²) in [5.41, 5.74) is 4.98. The summed E-state index contributed by atoms with van der Waals surface area (Å²) >= 11 is 0. The molecule has 4 heteroatoms. The smallest absolute Gasteiger partial charge is 0.227 e. The molecule has 2 atom stereocenters. The Labute approximate surface area is 173 Å². The zero-order valence-corrected chi connectivity index (χ0v) is 17.4. The first-order chi connectivity index (χ1) is 14.2. The number of nitrogens with zero attached hydrogens (tertiary/aromatic N) is 2. The van der Waals surface area contributed by atoms with Crippen LogP contribution in [0.2, 0.25) is 0 Å². The molecule has 1 spiro atoms. The fraction of sp³-hybridized carbons (Fsp3) is 0.520. The number of pyridine rings is 1. The maximum Gasteiger partial charge on any atom is 0.227 e. The van der Waals surface area contributed by atoms with Gasteiger partial charge in [-0.05, 0) is 62.1 Å². The molecule has 2 saturated heterocycles. The van der Waals surface area contributed by atoms with Crippen LogP contribution in [-0.2, 0) is 16.6 Å². The number of carbonyl (C=O) groups is 1. The summed E-state index contributed by atoms with van der Waals surface area (Å²) < 4.78 is 0. The minimum Gasteiger partial charge on any atom is -0.342 e. The van der Waals surface area contributed by atoms with Crippen molar-refractivity contribution in [3.05, 3.63) is 65.0 Å². The first kappa shape index (κ1) is 18.8. The lowest BCUT2D eigenvalue weighted by Crippen LogP contribution is -2.49. The molecule has 3 aliphatic rings. The average Bonchev–Trinajstić information content (AvgIpc) is 3.18. The Morgan fingerprint density at radius 1 is 1.14 bits per heavy atom. The van der Waals surface area contributed by atoms with Crippen LogP contribution in [0.4, 0.5) is 0 Å². The van der Waals surface area contributed by atoms with Crippen LogP contribution in [-0.4, -0.2) is 42.0 Å². The van der Waals surface area contributed by atoms with Crippen molar-refractivity contribution in [1.82, 2.24) is 15.2 Å². The lowest BCUT2D eigenvalue weighted by molar-refractivity contribution is -0.138. The van der Waals surface area contributed by atoms with Gasteiger partial charge in [0.25, 0.3) is 0 Å². The van der Waals surface area contributed by atoms with Gasteiger partial charge in [-0.3, -0.25) is 9.78 Å². The number of rotatable bonds is 2. The predicted molar refractivity (Wildman–Crippen MR) is 115 cm³/mol. The van der Waals surface area contributed by atoms with Crippen LogP contribution in [0.15, 0.2) is 42.5 Å². The molecule has 3 heterocycles. The maximum absolute atomic E-state index is 13.7. The highest BCUT2D eigenvalue weighted by Crippen LogP contribution is 2.45. The maximum atomic E-state index is 13.7. The molecule has 152 valence electrons. The van der Waals surface area contributed by atoms with Crippen molar-refractivity contribution in [2.45, 2.75) is 50.4 Å². The van der Waals surface area contributed by atoms with Crippen LogP contribution in [0.1, 0.15) is 54.1 Å². The number of fused-ring (bicyclic) bond motifs is 2. The molecule has 1 aromatic heterocycles. The number of amides is 1. The molecule has 0 saturated carbocycles. The van der Waals surface area contributed by atoms with Gasteiger partial charge in [-0.2, -0.15) is 0 Å². The molecule has 1 amide bonds. The minimum atomic E-state index is -0.0678. The van der Waals surface area contributed by atoms with Gasteiger partial charge in [0, 0.05) is 43.0 Å². The summed E-state index contributed by atoms with van der Waals surface area (Å²) in [5, 5.41) is 3.57. The Hall–Kier alpha value is -2.20. The third-order valence-corrected chi connectivity index (χ3v) is 7.52. The number of benzene rings is 1. The van der Waals surface area contributed by atoms with Gasteiger partial charge >= 0.3 is 0 Å². The fourth-order valence-electron chi connectivity index (χ4n) is 5.97. The number of aromatic nitrogens is 1. The first-order valence-electron chi connectivity index (χ1n) is 11.2. The van der Waals surface area contributed by atoms with Gasteiger partial charge in [0.05, 0.1) is 5.92 Å². The highest BCUT2D eigenvalue weighted by molar-refractivity contribution is 5.82. The van der Waals surface area contributed by atoms with Gasteiger partial charge < -0.3 is 10.2 Å². The van der Waals surface area contributed by atoms with E-state index >= 15 is 0 Å². The van der Waals surface area contributed by atoms with Gasteiger partial charge in [0.15, 0.2) is 0 Å². The number of hydrogen-bond acceptors (Lipinski definition) is 3. The summed E-state index contributed by atoms with van der Waals surface area (Å²) in [6, 6.07) is 15.2. The highest BCUT2D eigenvalue weighted by atomic mass is 16.2. The molecular weight excluding hydrogens is 358 g/mol. The Morgan fingerprint density at radius 3 is 2.72 bits per heavy atom. The van der Waals surface area contributed by atoms with Gasteiger partial charge in [-0.1, -0.05) is 36.4 Å². The molecule has 1 N–H and O–H groups in total.